The number of para-hydroxylation sites is 1. The average molecular weight is 281 g/mol. The molecule has 1 saturated carbocycles. The molecule has 1 fully saturated rings. The monoisotopic (exact) mass is 281 g/mol. The summed E-state index contributed by atoms with van der Waals surface area (Å²) in [4.78, 5) is 0. The molecule has 0 radical (unpaired) electrons. The van der Waals surface area contributed by atoms with E-state index < -0.39 is 6.10 Å². The second-order valence-electron chi connectivity index (χ2n) is 4.98. The van der Waals surface area contributed by atoms with Gasteiger partial charge in [-0.1, -0.05) is 12.1 Å². The smallest absolute Gasteiger partial charge is 0.165 e. The molecule has 1 aromatic rings. The van der Waals surface area contributed by atoms with Gasteiger partial charge in [-0.2, -0.15) is 0 Å². The van der Waals surface area contributed by atoms with Crippen LogP contribution in [0.3, 0.4) is 0 Å². The van der Waals surface area contributed by atoms with Crippen molar-refractivity contribution >= 4 is 0 Å². The van der Waals surface area contributed by atoms with Gasteiger partial charge in [0.2, 0.25) is 0 Å². The normalized spacial score (nSPS) is 15.9. The van der Waals surface area contributed by atoms with Crippen LogP contribution in [-0.4, -0.2) is 42.2 Å². The van der Waals surface area contributed by atoms with E-state index in [1.54, 1.807) is 0 Å². The number of benzene rings is 1. The van der Waals surface area contributed by atoms with Gasteiger partial charge in [0.15, 0.2) is 11.5 Å². The zero-order valence-corrected chi connectivity index (χ0v) is 11.8. The van der Waals surface area contributed by atoms with Gasteiger partial charge in [-0.15, -0.1) is 0 Å². The molecule has 5 nitrogen and oxygen atoms in total. The molecule has 0 spiro atoms. The highest BCUT2D eigenvalue weighted by Crippen LogP contribution is 2.32. The van der Waals surface area contributed by atoms with E-state index in [9.17, 15) is 5.11 Å². The van der Waals surface area contributed by atoms with Crippen molar-refractivity contribution in [1.82, 2.24) is 5.32 Å². The van der Waals surface area contributed by atoms with Crippen molar-refractivity contribution in [3.63, 3.8) is 0 Å². The molecule has 0 bridgehead atoms. The summed E-state index contributed by atoms with van der Waals surface area (Å²) < 4.78 is 11.2. The van der Waals surface area contributed by atoms with Gasteiger partial charge in [0.1, 0.15) is 12.7 Å². The number of aliphatic hydroxyl groups excluding tert-OH is 2. The summed E-state index contributed by atoms with van der Waals surface area (Å²) in [6.45, 7) is 2.93. The molecule has 0 saturated heterocycles. The van der Waals surface area contributed by atoms with Crippen molar-refractivity contribution in [2.24, 2.45) is 0 Å². The summed E-state index contributed by atoms with van der Waals surface area (Å²) >= 11 is 0. The molecule has 3 N–H and O–H groups in total. The Kier molecular flexibility index (Phi) is 5.64. The van der Waals surface area contributed by atoms with E-state index >= 15 is 0 Å². The Morgan fingerprint density at radius 2 is 2.15 bits per heavy atom. The van der Waals surface area contributed by atoms with E-state index in [2.05, 4.69) is 5.32 Å². The van der Waals surface area contributed by atoms with Crippen LogP contribution in [0.4, 0.5) is 0 Å². The first-order valence-electron chi connectivity index (χ1n) is 7.14. The van der Waals surface area contributed by atoms with Crippen LogP contribution in [-0.2, 0) is 6.54 Å². The van der Waals surface area contributed by atoms with E-state index in [1.165, 1.54) is 12.8 Å². The quantitative estimate of drug-likeness (QED) is 0.631. The SMILES string of the molecule is CCOc1cccc(CNC2CC2)c1OCC(O)CO. The maximum atomic E-state index is 9.43. The van der Waals surface area contributed by atoms with E-state index in [-0.39, 0.29) is 13.2 Å². The number of aliphatic hydroxyl groups is 2. The molecule has 1 aliphatic carbocycles. The summed E-state index contributed by atoms with van der Waals surface area (Å²) in [6.07, 6.45) is 1.57. The Balaban J connectivity index is 2.07. The predicted molar refractivity (Wildman–Crippen MR) is 76.1 cm³/mol. The summed E-state index contributed by atoms with van der Waals surface area (Å²) in [6, 6.07) is 6.38. The standard InChI is InChI=1S/C15H23NO4/c1-2-19-14-5-3-4-11(8-16-12-6-7-12)15(14)20-10-13(18)9-17/h3-5,12-13,16-18H,2,6-10H2,1H3. The number of nitrogens with one attached hydrogen (secondary N) is 1. The highest BCUT2D eigenvalue weighted by atomic mass is 16.5. The molecule has 20 heavy (non-hydrogen) atoms. The maximum Gasteiger partial charge on any atom is 0.165 e. The minimum Gasteiger partial charge on any atom is -0.490 e. The summed E-state index contributed by atoms with van der Waals surface area (Å²) in [7, 11) is 0. The first-order valence-corrected chi connectivity index (χ1v) is 7.14. The molecule has 5 heteroatoms. The van der Waals surface area contributed by atoms with E-state index in [0.29, 0.717) is 24.1 Å². The van der Waals surface area contributed by atoms with E-state index in [1.807, 2.05) is 25.1 Å². The van der Waals surface area contributed by atoms with E-state index in [4.69, 9.17) is 14.6 Å². The summed E-state index contributed by atoms with van der Waals surface area (Å²) in [5.41, 5.74) is 1.01. The zero-order valence-electron chi connectivity index (χ0n) is 11.8. The number of hydrogen-bond acceptors (Lipinski definition) is 5. The third-order valence-corrected chi connectivity index (χ3v) is 3.15. The fraction of sp³-hybridized carbons (Fsp3) is 0.600. The van der Waals surface area contributed by atoms with Crippen LogP contribution in [0.2, 0.25) is 0 Å². The largest absolute Gasteiger partial charge is 0.490 e. The van der Waals surface area contributed by atoms with Gasteiger partial charge in [-0.3, -0.25) is 0 Å². The third kappa shape index (κ3) is 4.37. The molecule has 112 valence electrons. The Bertz CT molecular complexity index is 420. The van der Waals surface area contributed by atoms with Gasteiger partial charge in [-0.05, 0) is 25.8 Å². The second kappa shape index (κ2) is 7.47. The highest BCUT2D eigenvalue weighted by Gasteiger charge is 2.21. The van der Waals surface area contributed by atoms with Crippen LogP contribution in [0.15, 0.2) is 18.2 Å². The lowest BCUT2D eigenvalue weighted by Crippen LogP contribution is -2.23. The highest BCUT2D eigenvalue weighted by molar-refractivity contribution is 5.46. The summed E-state index contributed by atoms with van der Waals surface area (Å²) in [5, 5.41) is 21.7. The minimum atomic E-state index is -0.881. The van der Waals surface area contributed by atoms with Crippen molar-refractivity contribution in [3.8, 4) is 11.5 Å². The second-order valence-corrected chi connectivity index (χ2v) is 4.98. The van der Waals surface area contributed by atoms with Gasteiger partial charge in [0.05, 0.1) is 13.2 Å². The number of ether oxygens (including phenoxy) is 2. The van der Waals surface area contributed by atoms with Crippen LogP contribution in [0.25, 0.3) is 0 Å². The Labute approximate surface area is 119 Å². The molecular formula is C15H23NO4. The van der Waals surface area contributed by atoms with E-state index in [0.717, 1.165) is 12.1 Å². The Hall–Kier alpha value is -1.30. The van der Waals surface area contributed by atoms with Gasteiger partial charge in [-0.25, -0.2) is 0 Å². The Morgan fingerprint density at radius 3 is 2.80 bits per heavy atom. The van der Waals surface area contributed by atoms with Crippen molar-refractivity contribution in [1.29, 1.82) is 0 Å². The lowest BCUT2D eigenvalue weighted by Gasteiger charge is -2.17. The zero-order chi connectivity index (χ0) is 14.4. The minimum absolute atomic E-state index is 0.0526. The molecule has 1 atom stereocenters. The van der Waals surface area contributed by atoms with Gasteiger partial charge in [0, 0.05) is 18.2 Å². The lowest BCUT2D eigenvalue weighted by atomic mass is 10.2. The topological polar surface area (TPSA) is 71.0 Å². The van der Waals surface area contributed by atoms with Crippen LogP contribution in [0, 0.1) is 0 Å². The number of rotatable bonds is 9. The molecule has 1 unspecified atom stereocenters. The molecular weight excluding hydrogens is 258 g/mol. The molecule has 1 aliphatic rings. The fourth-order valence-electron chi connectivity index (χ4n) is 1.91. The molecule has 0 aliphatic heterocycles. The third-order valence-electron chi connectivity index (χ3n) is 3.15. The Morgan fingerprint density at radius 1 is 1.35 bits per heavy atom. The molecule has 0 heterocycles. The average Bonchev–Trinajstić information content (AvgIpc) is 3.28. The molecule has 2 rings (SSSR count). The first-order chi connectivity index (χ1) is 9.74. The van der Waals surface area contributed by atoms with Crippen LogP contribution >= 0.6 is 0 Å². The summed E-state index contributed by atoms with van der Waals surface area (Å²) in [5.74, 6) is 1.32. The van der Waals surface area contributed by atoms with Crippen molar-refractivity contribution in [3.05, 3.63) is 23.8 Å². The molecule has 1 aromatic carbocycles. The fourth-order valence-corrected chi connectivity index (χ4v) is 1.91. The lowest BCUT2D eigenvalue weighted by molar-refractivity contribution is 0.0521. The van der Waals surface area contributed by atoms with Crippen molar-refractivity contribution in [2.45, 2.75) is 38.5 Å². The van der Waals surface area contributed by atoms with Gasteiger partial charge >= 0.3 is 0 Å². The van der Waals surface area contributed by atoms with Crippen LogP contribution < -0.4 is 14.8 Å². The maximum absolute atomic E-state index is 9.43. The van der Waals surface area contributed by atoms with Gasteiger partial charge < -0.3 is 25.0 Å². The first kappa shape index (κ1) is 15.1. The van der Waals surface area contributed by atoms with Gasteiger partial charge in [0.25, 0.3) is 0 Å². The molecule has 0 aromatic heterocycles. The van der Waals surface area contributed by atoms with Crippen molar-refractivity contribution < 1.29 is 19.7 Å². The van der Waals surface area contributed by atoms with Crippen LogP contribution in [0.1, 0.15) is 25.3 Å². The number of hydrogen-bond donors (Lipinski definition) is 3. The van der Waals surface area contributed by atoms with Crippen LogP contribution in [0.5, 0.6) is 11.5 Å². The predicted octanol–water partition coefficient (Wildman–Crippen LogP) is 1.07. The molecule has 0 amide bonds. The van der Waals surface area contributed by atoms with Crippen molar-refractivity contribution in [2.75, 3.05) is 19.8 Å².